The molecule has 2 aromatic heterocycles. The van der Waals surface area contributed by atoms with E-state index in [0.29, 0.717) is 31.9 Å². The smallest absolute Gasteiger partial charge is 0.255 e. The SMILES string of the molecule is O=C(c1cccnc1)N1CCOC[C@]2(CC[C@H](Cn3cccn3)O2)C1. The van der Waals surface area contributed by atoms with Gasteiger partial charge in [-0.2, -0.15) is 5.10 Å². The number of carbonyl (C=O) groups excluding carboxylic acids is 1. The van der Waals surface area contributed by atoms with Crippen molar-refractivity contribution in [3.63, 3.8) is 0 Å². The van der Waals surface area contributed by atoms with Crippen LogP contribution in [0.3, 0.4) is 0 Å². The Morgan fingerprint density at radius 1 is 1.36 bits per heavy atom. The number of ether oxygens (including phenoxy) is 2. The van der Waals surface area contributed by atoms with Crippen LogP contribution in [-0.4, -0.2) is 63.6 Å². The molecule has 0 aromatic carbocycles. The van der Waals surface area contributed by atoms with E-state index < -0.39 is 5.60 Å². The van der Waals surface area contributed by atoms with Crippen molar-refractivity contribution in [1.82, 2.24) is 19.7 Å². The molecule has 7 nitrogen and oxygen atoms in total. The van der Waals surface area contributed by atoms with Gasteiger partial charge in [0.05, 0.1) is 38.0 Å². The van der Waals surface area contributed by atoms with E-state index in [2.05, 4.69) is 10.1 Å². The molecule has 4 rings (SSSR count). The van der Waals surface area contributed by atoms with Crippen LogP contribution in [0.2, 0.25) is 0 Å². The normalized spacial score (nSPS) is 26.7. The number of amides is 1. The highest BCUT2D eigenvalue weighted by Gasteiger charge is 2.44. The molecule has 132 valence electrons. The standard InChI is InChI=1S/C18H22N4O3/c23-17(15-3-1-6-19-11-15)21-9-10-24-14-18(13-21)5-4-16(25-18)12-22-8-2-7-20-22/h1-3,6-8,11,16H,4-5,9-10,12-14H2/t16-,18+/m1/s1. The number of pyridine rings is 1. The number of hydrogen-bond acceptors (Lipinski definition) is 5. The Kier molecular flexibility index (Phi) is 4.50. The summed E-state index contributed by atoms with van der Waals surface area (Å²) in [5, 5.41) is 4.25. The fourth-order valence-electron chi connectivity index (χ4n) is 3.61. The van der Waals surface area contributed by atoms with Crippen LogP contribution in [0.4, 0.5) is 0 Å². The molecule has 1 amide bonds. The van der Waals surface area contributed by atoms with Gasteiger partial charge in [0.2, 0.25) is 0 Å². The molecule has 2 aliphatic heterocycles. The third kappa shape index (κ3) is 3.57. The first kappa shape index (κ1) is 16.2. The quantitative estimate of drug-likeness (QED) is 0.843. The summed E-state index contributed by atoms with van der Waals surface area (Å²) in [5.74, 6) is -0.0166. The summed E-state index contributed by atoms with van der Waals surface area (Å²) < 4.78 is 14.0. The van der Waals surface area contributed by atoms with Crippen LogP contribution in [0.15, 0.2) is 43.0 Å². The molecule has 2 aromatic rings. The van der Waals surface area contributed by atoms with Crippen molar-refractivity contribution >= 4 is 5.91 Å². The van der Waals surface area contributed by atoms with Gasteiger partial charge in [0.1, 0.15) is 5.60 Å². The first-order valence-corrected chi connectivity index (χ1v) is 8.66. The minimum absolute atomic E-state index is 0.0166. The number of nitrogens with zero attached hydrogens (tertiary/aromatic N) is 4. The Morgan fingerprint density at radius 3 is 3.12 bits per heavy atom. The fraction of sp³-hybridized carbons (Fsp3) is 0.500. The van der Waals surface area contributed by atoms with Crippen molar-refractivity contribution in [3.8, 4) is 0 Å². The second-order valence-electron chi connectivity index (χ2n) is 6.71. The molecule has 0 saturated carbocycles. The van der Waals surface area contributed by atoms with Crippen LogP contribution in [0, 0.1) is 0 Å². The molecule has 0 aliphatic carbocycles. The Hall–Kier alpha value is -2.25. The van der Waals surface area contributed by atoms with Gasteiger partial charge in [-0.25, -0.2) is 0 Å². The zero-order valence-corrected chi connectivity index (χ0v) is 14.1. The Balaban J connectivity index is 1.46. The average molecular weight is 342 g/mol. The zero-order valence-electron chi connectivity index (χ0n) is 14.1. The summed E-state index contributed by atoms with van der Waals surface area (Å²) in [6.07, 6.45) is 8.91. The molecular formula is C18H22N4O3. The van der Waals surface area contributed by atoms with E-state index in [0.717, 1.165) is 19.4 Å². The third-order valence-corrected chi connectivity index (χ3v) is 4.83. The molecule has 2 aliphatic rings. The third-order valence-electron chi connectivity index (χ3n) is 4.83. The van der Waals surface area contributed by atoms with Gasteiger partial charge in [-0.05, 0) is 31.0 Å². The van der Waals surface area contributed by atoms with Crippen LogP contribution < -0.4 is 0 Å². The van der Waals surface area contributed by atoms with E-state index >= 15 is 0 Å². The summed E-state index contributed by atoms with van der Waals surface area (Å²) in [7, 11) is 0. The van der Waals surface area contributed by atoms with Gasteiger partial charge >= 0.3 is 0 Å². The number of hydrogen-bond donors (Lipinski definition) is 0. The van der Waals surface area contributed by atoms with Crippen LogP contribution in [0.25, 0.3) is 0 Å². The van der Waals surface area contributed by atoms with E-state index in [1.807, 2.05) is 21.8 Å². The second-order valence-corrected chi connectivity index (χ2v) is 6.71. The summed E-state index contributed by atoms with van der Waals surface area (Å²) in [5.41, 5.74) is 0.178. The molecule has 25 heavy (non-hydrogen) atoms. The van der Waals surface area contributed by atoms with Crippen molar-refractivity contribution in [2.75, 3.05) is 26.3 Å². The topological polar surface area (TPSA) is 69.5 Å². The van der Waals surface area contributed by atoms with E-state index in [9.17, 15) is 4.79 Å². The fourth-order valence-corrected chi connectivity index (χ4v) is 3.61. The van der Waals surface area contributed by atoms with Crippen molar-refractivity contribution in [2.24, 2.45) is 0 Å². The molecule has 0 unspecified atom stereocenters. The molecule has 4 heterocycles. The predicted octanol–water partition coefficient (Wildman–Crippen LogP) is 1.37. The monoisotopic (exact) mass is 342 g/mol. The summed E-state index contributed by atoms with van der Waals surface area (Å²) in [6, 6.07) is 5.49. The van der Waals surface area contributed by atoms with E-state index in [1.54, 1.807) is 30.7 Å². The molecule has 2 atom stereocenters. The molecular weight excluding hydrogens is 320 g/mol. The minimum atomic E-state index is -0.424. The van der Waals surface area contributed by atoms with Crippen molar-refractivity contribution < 1.29 is 14.3 Å². The molecule has 2 saturated heterocycles. The summed E-state index contributed by atoms with van der Waals surface area (Å²) in [6.45, 7) is 2.91. The molecule has 2 fully saturated rings. The molecule has 0 bridgehead atoms. The number of rotatable bonds is 3. The van der Waals surface area contributed by atoms with Gasteiger partial charge < -0.3 is 14.4 Å². The van der Waals surface area contributed by atoms with Crippen molar-refractivity contribution in [2.45, 2.75) is 31.1 Å². The largest absolute Gasteiger partial charge is 0.377 e. The van der Waals surface area contributed by atoms with Gasteiger partial charge in [-0.1, -0.05) is 0 Å². The van der Waals surface area contributed by atoms with Gasteiger partial charge in [-0.3, -0.25) is 14.5 Å². The Bertz CT molecular complexity index is 706. The average Bonchev–Trinajstić information content (AvgIpc) is 3.23. The first-order valence-electron chi connectivity index (χ1n) is 8.66. The van der Waals surface area contributed by atoms with Crippen LogP contribution in [0.1, 0.15) is 23.2 Å². The predicted molar refractivity (Wildman–Crippen MR) is 90.0 cm³/mol. The van der Waals surface area contributed by atoms with E-state index in [-0.39, 0.29) is 12.0 Å². The maximum absolute atomic E-state index is 12.8. The molecule has 0 radical (unpaired) electrons. The lowest BCUT2D eigenvalue weighted by molar-refractivity contribution is -0.0881. The maximum atomic E-state index is 12.8. The van der Waals surface area contributed by atoms with Gasteiger partial charge in [-0.15, -0.1) is 0 Å². The van der Waals surface area contributed by atoms with Crippen LogP contribution in [0.5, 0.6) is 0 Å². The number of carbonyl (C=O) groups is 1. The second kappa shape index (κ2) is 6.93. The number of aromatic nitrogens is 3. The maximum Gasteiger partial charge on any atom is 0.255 e. The van der Waals surface area contributed by atoms with Crippen molar-refractivity contribution in [1.29, 1.82) is 0 Å². The Labute approximate surface area is 146 Å². The lowest BCUT2D eigenvalue weighted by Crippen LogP contribution is -2.46. The van der Waals surface area contributed by atoms with Gasteiger partial charge in [0.25, 0.3) is 5.91 Å². The highest BCUT2D eigenvalue weighted by Crippen LogP contribution is 2.34. The summed E-state index contributed by atoms with van der Waals surface area (Å²) >= 11 is 0. The summed E-state index contributed by atoms with van der Waals surface area (Å²) in [4.78, 5) is 18.7. The first-order chi connectivity index (χ1) is 12.2. The molecule has 0 N–H and O–H groups in total. The van der Waals surface area contributed by atoms with Crippen LogP contribution >= 0.6 is 0 Å². The lowest BCUT2D eigenvalue weighted by Gasteiger charge is -2.32. The molecule has 1 spiro atoms. The van der Waals surface area contributed by atoms with Gasteiger partial charge in [0.15, 0.2) is 0 Å². The van der Waals surface area contributed by atoms with Gasteiger partial charge in [0, 0.05) is 31.3 Å². The highest BCUT2D eigenvalue weighted by molar-refractivity contribution is 5.93. The highest BCUT2D eigenvalue weighted by atomic mass is 16.6. The van der Waals surface area contributed by atoms with Crippen molar-refractivity contribution in [3.05, 3.63) is 48.5 Å². The zero-order chi connectivity index (χ0) is 17.1. The Morgan fingerprint density at radius 2 is 2.32 bits per heavy atom. The molecule has 7 heteroatoms. The minimum Gasteiger partial charge on any atom is -0.377 e. The van der Waals surface area contributed by atoms with E-state index in [4.69, 9.17) is 9.47 Å². The lowest BCUT2D eigenvalue weighted by atomic mass is 9.99. The van der Waals surface area contributed by atoms with E-state index in [1.165, 1.54) is 0 Å². The van der Waals surface area contributed by atoms with Crippen LogP contribution in [-0.2, 0) is 16.0 Å².